The average Bonchev–Trinajstić information content (AvgIpc) is 3.41. The van der Waals surface area contributed by atoms with Gasteiger partial charge in [0.05, 0.1) is 28.0 Å². The van der Waals surface area contributed by atoms with Gasteiger partial charge < -0.3 is 15.4 Å². The Balaban J connectivity index is 1.59. The SMILES string of the molecule is Cn1cc2cc(-n3nc4ccn(CC5CC5)c4c(-c4ccc(C(N)O)nc4)c3=O)ccc2n1. The van der Waals surface area contributed by atoms with Crippen molar-refractivity contribution in [1.82, 2.24) is 29.1 Å². The van der Waals surface area contributed by atoms with E-state index >= 15 is 0 Å². The number of hydrogen-bond acceptors (Lipinski definition) is 6. The maximum Gasteiger partial charge on any atom is 0.281 e. The van der Waals surface area contributed by atoms with Gasteiger partial charge in [0.25, 0.3) is 5.56 Å². The molecule has 0 bridgehead atoms. The van der Waals surface area contributed by atoms with Crippen LogP contribution in [-0.2, 0) is 13.6 Å². The van der Waals surface area contributed by atoms with Crippen LogP contribution in [0.15, 0.2) is 59.8 Å². The molecule has 0 saturated heterocycles. The number of pyridine rings is 1. The van der Waals surface area contributed by atoms with Crippen molar-refractivity contribution in [3.05, 3.63) is 71.0 Å². The number of aryl methyl sites for hydroxylation is 1. The number of benzene rings is 1. The maximum absolute atomic E-state index is 13.9. The molecule has 4 aromatic heterocycles. The number of aliphatic hydroxyl groups is 1. The van der Waals surface area contributed by atoms with Gasteiger partial charge in [-0.15, -0.1) is 0 Å². The quantitative estimate of drug-likeness (QED) is 0.405. The number of nitrogens with two attached hydrogens (primary N) is 1. The molecule has 1 saturated carbocycles. The molecule has 0 radical (unpaired) electrons. The monoisotopic (exact) mass is 441 g/mol. The number of aliphatic hydroxyl groups excluding tert-OH is 1. The van der Waals surface area contributed by atoms with Gasteiger partial charge in [-0.25, -0.2) is 0 Å². The van der Waals surface area contributed by atoms with Crippen LogP contribution in [0.4, 0.5) is 0 Å². The third kappa shape index (κ3) is 3.42. The van der Waals surface area contributed by atoms with E-state index in [1.165, 1.54) is 17.5 Å². The van der Waals surface area contributed by atoms with Crippen LogP contribution >= 0.6 is 0 Å². The molecule has 1 fully saturated rings. The first kappa shape index (κ1) is 19.8. The number of hydrogen-bond donors (Lipinski definition) is 2. The zero-order valence-corrected chi connectivity index (χ0v) is 18.1. The van der Waals surface area contributed by atoms with Crippen LogP contribution in [-0.4, -0.2) is 34.2 Å². The van der Waals surface area contributed by atoms with E-state index in [1.54, 1.807) is 23.0 Å². The fourth-order valence-corrected chi connectivity index (χ4v) is 4.34. The summed E-state index contributed by atoms with van der Waals surface area (Å²) in [5.74, 6) is 0.636. The van der Waals surface area contributed by atoms with Crippen molar-refractivity contribution in [1.29, 1.82) is 0 Å². The van der Waals surface area contributed by atoms with Crippen LogP contribution < -0.4 is 11.3 Å². The highest BCUT2D eigenvalue weighted by molar-refractivity contribution is 5.92. The van der Waals surface area contributed by atoms with Crippen molar-refractivity contribution in [3.63, 3.8) is 0 Å². The Bertz CT molecular complexity index is 1560. The lowest BCUT2D eigenvalue weighted by Crippen LogP contribution is -2.24. The van der Waals surface area contributed by atoms with Crippen LogP contribution in [0.5, 0.6) is 0 Å². The fraction of sp³-hybridized carbons (Fsp3) is 0.250. The molecule has 6 rings (SSSR count). The first-order chi connectivity index (χ1) is 16.0. The van der Waals surface area contributed by atoms with Crippen molar-refractivity contribution < 1.29 is 5.11 Å². The van der Waals surface area contributed by atoms with Gasteiger partial charge in [0.1, 0.15) is 11.7 Å². The average molecular weight is 441 g/mol. The van der Waals surface area contributed by atoms with Gasteiger partial charge in [0.2, 0.25) is 0 Å². The Labute approximate surface area is 188 Å². The third-order valence-electron chi connectivity index (χ3n) is 6.17. The second-order valence-electron chi connectivity index (χ2n) is 8.70. The highest BCUT2D eigenvalue weighted by Crippen LogP contribution is 2.33. The summed E-state index contributed by atoms with van der Waals surface area (Å²) >= 11 is 0. The first-order valence-electron chi connectivity index (χ1n) is 10.9. The van der Waals surface area contributed by atoms with Gasteiger partial charge in [0.15, 0.2) is 0 Å². The van der Waals surface area contributed by atoms with Crippen molar-refractivity contribution in [2.24, 2.45) is 18.7 Å². The van der Waals surface area contributed by atoms with E-state index < -0.39 is 6.23 Å². The van der Waals surface area contributed by atoms with Gasteiger partial charge >= 0.3 is 0 Å². The summed E-state index contributed by atoms with van der Waals surface area (Å²) in [7, 11) is 1.87. The lowest BCUT2D eigenvalue weighted by molar-refractivity contribution is 0.181. The van der Waals surface area contributed by atoms with Crippen molar-refractivity contribution >= 4 is 21.9 Å². The van der Waals surface area contributed by atoms with Crippen LogP contribution in [0, 0.1) is 5.92 Å². The van der Waals surface area contributed by atoms with E-state index in [1.807, 2.05) is 43.7 Å². The second-order valence-corrected chi connectivity index (χ2v) is 8.70. The molecular weight excluding hydrogens is 418 g/mol. The largest absolute Gasteiger partial charge is 0.373 e. The van der Waals surface area contributed by atoms with Gasteiger partial charge in [0, 0.05) is 43.1 Å². The molecule has 1 atom stereocenters. The van der Waals surface area contributed by atoms with Gasteiger partial charge in [-0.3, -0.25) is 14.5 Å². The van der Waals surface area contributed by atoms with Crippen LogP contribution in [0.2, 0.25) is 0 Å². The molecule has 1 aliphatic carbocycles. The summed E-state index contributed by atoms with van der Waals surface area (Å²) in [6.07, 6.45) is 6.74. The number of fused-ring (bicyclic) bond motifs is 2. The normalized spacial score (nSPS) is 14.9. The van der Waals surface area contributed by atoms with Crippen molar-refractivity contribution in [3.8, 4) is 16.8 Å². The van der Waals surface area contributed by atoms with Gasteiger partial charge in [-0.1, -0.05) is 6.07 Å². The summed E-state index contributed by atoms with van der Waals surface area (Å²) in [6, 6.07) is 11.0. The minimum atomic E-state index is -1.17. The van der Waals surface area contributed by atoms with Crippen LogP contribution in [0.25, 0.3) is 38.8 Å². The smallest absolute Gasteiger partial charge is 0.281 e. The molecule has 1 aliphatic rings. The van der Waals surface area contributed by atoms with E-state index in [0.29, 0.717) is 28.4 Å². The van der Waals surface area contributed by atoms with Gasteiger partial charge in [-0.05, 0) is 49.1 Å². The zero-order chi connectivity index (χ0) is 22.7. The van der Waals surface area contributed by atoms with Crippen LogP contribution in [0.1, 0.15) is 24.8 Å². The molecule has 9 heteroatoms. The summed E-state index contributed by atoms with van der Waals surface area (Å²) < 4.78 is 5.31. The molecule has 1 unspecified atom stereocenters. The highest BCUT2D eigenvalue weighted by atomic mass is 16.3. The molecule has 9 nitrogen and oxygen atoms in total. The minimum Gasteiger partial charge on any atom is -0.373 e. The Morgan fingerprint density at radius 2 is 2.00 bits per heavy atom. The molecule has 3 N–H and O–H groups in total. The van der Waals surface area contributed by atoms with Crippen LogP contribution in [0.3, 0.4) is 0 Å². The maximum atomic E-state index is 13.9. The topological polar surface area (TPSA) is 117 Å². The molecular formula is C24H23N7O2. The molecule has 1 aromatic carbocycles. The lowest BCUT2D eigenvalue weighted by Gasteiger charge is -2.13. The van der Waals surface area contributed by atoms with E-state index in [-0.39, 0.29) is 5.56 Å². The van der Waals surface area contributed by atoms with Crippen molar-refractivity contribution in [2.75, 3.05) is 0 Å². The summed E-state index contributed by atoms with van der Waals surface area (Å²) in [5.41, 5.74) is 9.90. The number of rotatable bonds is 5. The Morgan fingerprint density at radius 3 is 2.73 bits per heavy atom. The molecule has 0 aliphatic heterocycles. The van der Waals surface area contributed by atoms with E-state index in [0.717, 1.165) is 28.5 Å². The summed E-state index contributed by atoms with van der Waals surface area (Å²) in [5, 5.41) is 19.7. The minimum absolute atomic E-state index is 0.232. The van der Waals surface area contributed by atoms with E-state index in [4.69, 9.17) is 10.8 Å². The zero-order valence-electron chi connectivity index (χ0n) is 18.1. The first-order valence-corrected chi connectivity index (χ1v) is 10.9. The Morgan fingerprint density at radius 1 is 1.15 bits per heavy atom. The van der Waals surface area contributed by atoms with E-state index in [2.05, 4.69) is 14.6 Å². The Hall–Kier alpha value is -3.82. The number of nitrogens with zero attached hydrogens (tertiary/aromatic N) is 6. The highest BCUT2D eigenvalue weighted by Gasteiger charge is 2.25. The summed E-state index contributed by atoms with van der Waals surface area (Å²) in [4.78, 5) is 18.1. The molecule has 0 amide bonds. The second kappa shape index (κ2) is 7.36. The molecule has 5 aromatic rings. The van der Waals surface area contributed by atoms with E-state index in [9.17, 15) is 9.90 Å². The van der Waals surface area contributed by atoms with Gasteiger partial charge in [-0.2, -0.15) is 14.9 Å². The number of aromatic nitrogens is 6. The molecule has 0 spiro atoms. The molecule has 166 valence electrons. The predicted octanol–water partition coefficient (Wildman–Crippen LogP) is 2.50. The summed E-state index contributed by atoms with van der Waals surface area (Å²) in [6.45, 7) is 0.857. The predicted molar refractivity (Wildman–Crippen MR) is 125 cm³/mol. The third-order valence-corrected chi connectivity index (χ3v) is 6.17. The lowest BCUT2D eigenvalue weighted by atomic mass is 10.1. The standard InChI is InChI=1S/C24H23N7O2/c1-29-13-16-10-17(5-7-18(16)27-29)31-24(33)21(15-4-6-20(23(25)32)26-11-15)22-19(28-31)8-9-30(22)12-14-2-3-14/h4-11,13-14,23,32H,2-3,12,25H2,1H3. The fourth-order valence-electron chi connectivity index (χ4n) is 4.34. The van der Waals surface area contributed by atoms with Crippen molar-refractivity contribution in [2.45, 2.75) is 25.6 Å². The Kier molecular flexibility index (Phi) is 4.42. The molecule has 33 heavy (non-hydrogen) atoms. The molecule has 4 heterocycles.